The molecule has 0 bridgehead atoms. The molecule has 1 aromatic carbocycles. The molecule has 0 radical (unpaired) electrons. The first kappa shape index (κ1) is 21.7. The number of nitrogens with two attached hydrogens (primary N) is 1. The van der Waals surface area contributed by atoms with Gasteiger partial charge in [0.2, 0.25) is 0 Å². The Morgan fingerprint density at radius 3 is 2.74 bits per heavy atom. The van der Waals surface area contributed by atoms with E-state index in [9.17, 15) is 8.78 Å². The molecule has 4 heterocycles. The number of imidazole rings is 1. The standard InChI is InChI=1S/C24H22F2N8/c1-32(2)8-9-33-14-16(12-30-33)15-10-17(23(27)29-11-15)24-31-19-13-28-7-6-20(19)34(24)21-5-3-4-18(25)22(21)26/h3-7,10-14H,8-9H2,1-2H3,(H2,27,29). The molecule has 0 fully saturated rings. The molecular weight excluding hydrogens is 438 g/mol. The topological polar surface area (TPSA) is 90.7 Å². The molecule has 0 aliphatic heterocycles. The van der Waals surface area contributed by atoms with Crippen LogP contribution in [0.5, 0.6) is 0 Å². The number of nitrogen functional groups attached to an aromatic ring is 1. The van der Waals surface area contributed by atoms with Gasteiger partial charge in [-0.25, -0.2) is 18.7 Å². The zero-order valence-corrected chi connectivity index (χ0v) is 18.7. The molecular formula is C24H22F2N8. The highest BCUT2D eigenvalue weighted by Crippen LogP contribution is 2.34. The predicted molar refractivity (Wildman–Crippen MR) is 126 cm³/mol. The van der Waals surface area contributed by atoms with Crippen molar-refractivity contribution in [3.8, 4) is 28.2 Å². The molecule has 0 unspecified atom stereocenters. The summed E-state index contributed by atoms with van der Waals surface area (Å²) >= 11 is 0. The number of halogens is 2. The Kier molecular flexibility index (Phi) is 5.50. The molecule has 5 rings (SSSR count). The van der Waals surface area contributed by atoms with Crippen molar-refractivity contribution in [3.63, 3.8) is 0 Å². The number of rotatable bonds is 6. The van der Waals surface area contributed by atoms with Gasteiger partial charge in [-0.1, -0.05) is 6.07 Å². The summed E-state index contributed by atoms with van der Waals surface area (Å²) in [5.41, 5.74) is 9.46. The summed E-state index contributed by atoms with van der Waals surface area (Å²) < 4.78 is 32.4. The molecule has 34 heavy (non-hydrogen) atoms. The van der Waals surface area contributed by atoms with Gasteiger partial charge in [0.05, 0.1) is 35.7 Å². The van der Waals surface area contributed by atoms with Gasteiger partial charge in [0.25, 0.3) is 0 Å². The minimum atomic E-state index is -0.982. The molecule has 0 saturated heterocycles. The van der Waals surface area contributed by atoms with Gasteiger partial charge >= 0.3 is 0 Å². The molecule has 0 saturated carbocycles. The fraction of sp³-hybridized carbons (Fsp3) is 0.167. The third kappa shape index (κ3) is 3.88. The number of aromatic nitrogens is 6. The molecule has 0 aliphatic rings. The van der Waals surface area contributed by atoms with Crippen LogP contribution in [0.2, 0.25) is 0 Å². The van der Waals surface area contributed by atoms with Crippen molar-refractivity contribution < 1.29 is 8.78 Å². The average Bonchev–Trinajstić information content (AvgIpc) is 3.45. The fourth-order valence-corrected chi connectivity index (χ4v) is 3.77. The van der Waals surface area contributed by atoms with E-state index in [1.54, 1.807) is 30.9 Å². The largest absolute Gasteiger partial charge is 0.383 e. The van der Waals surface area contributed by atoms with E-state index in [4.69, 9.17) is 5.73 Å². The van der Waals surface area contributed by atoms with Crippen molar-refractivity contribution in [1.82, 2.24) is 34.2 Å². The van der Waals surface area contributed by atoms with E-state index in [0.29, 0.717) is 22.4 Å². The molecule has 0 amide bonds. The average molecular weight is 460 g/mol. The molecule has 0 spiro atoms. The summed E-state index contributed by atoms with van der Waals surface area (Å²) in [4.78, 5) is 15.2. The van der Waals surface area contributed by atoms with Crippen LogP contribution in [0.4, 0.5) is 14.6 Å². The van der Waals surface area contributed by atoms with E-state index in [-0.39, 0.29) is 11.5 Å². The Hall–Kier alpha value is -4.18. The van der Waals surface area contributed by atoms with E-state index in [0.717, 1.165) is 30.3 Å². The number of hydrogen-bond acceptors (Lipinski definition) is 6. The first-order chi connectivity index (χ1) is 16.4. The number of benzene rings is 1. The van der Waals surface area contributed by atoms with Crippen LogP contribution in [0.15, 0.2) is 61.3 Å². The Morgan fingerprint density at radius 1 is 1.06 bits per heavy atom. The maximum Gasteiger partial charge on any atom is 0.182 e. The van der Waals surface area contributed by atoms with Crippen LogP contribution in [0.25, 0.3) is 39.2 Å². The molecule has 5 aromatic rings. The molecule has 2 N–H and O–H groups in total. The Balaban J connectivity index is 1.66. The van der Waals surface area contributed by atoms with Crippen LogP contribution in [0.3, 0.4) is 0 Å². The summed E-state index contributed by atoms with van der Waals surface area (Å²) in [6, 6.07) is 7.54. The van der Waals surface area contributed by atoms with Crippen LogP contribution >= 0.6 is 0 Å². The predicted octanol–water partition coefficient (Wildman–Crippen LogP) is 3.77. The molecule has 4 aromatic heterocycles. The number of anilines is 1. The highest BCUT2D eigenvalue weighted by atomic mass is 19.2. The monoisotopic (exact) mass is 460 g/mol. The number of fused-ring (bicyclic) bond motifs is 1. The zero-order valence-electron chi connectivity index (χ0n) is 18.7. The van der Waals surface area contributed by atoms with Crippen molar-refractivity contribution >= 4 is 16.9 Å². The third-order valence-corrected chi connectivity index (χ3v) is 5.53. The number of likely N-dealkylation sites (N-methyl/N-ethyl adjacent to an activating group) is 1. The summed E-state index contributed by atoms with van der Waals surface area (Å²) in [5, 5.41) is 4.42. The molecule has 0 atom stereocenters. The van der Waals surface area contributed by atoms with Gasteiger partial charge in [-0.3, -0.25) is 14.2 Å². The lowest BCUT2D eigenvalue weighted by Gasteiger charge is -2.12. The molecule has 10 heteroatoms. The van der Waals surface area contributed by atoms with Crippen LogP contribution in [0, 0.1) is 11.6 Å². The summed E-state index contributed by atoms with van der Waals surface area (Å²) in [7, 11) is 4.01. The van der Waals surface area contributed by atoms with Crippen molar-refractivity contribution in [2.75, 3.05) is 26.4 Å². The van der Waals surface area contributed by atoms with Gasteiger partial charge in [-0.05, 0) is 38.4 Å². The lowest BCUT2D eigenvalue weighted by Crippen LogP contribution is -2.18. The minimum absolute atomic E-state index is 0.0185. The maximum absolute atomic E-state index is 14.9. The minimum Gasteiger partial charge on any atom is -0.383 e. The second kappa shape index (κ2) is 8.64. The molecule has 8 nitrogen and oxygen atoms in total. The van der Waals surface area contributed by atoms with Gasteiger partial charge in [0.15, 0.2) is 11.6 Å². The summed E-state index contributed by atoms with van der Waals surface area (Å²) in [6.07, 6.45) is 8.48. The normalized spacial score (nSPS) is 11.6. The summed E-state index contributed by atoms with van der Waals surface area (Å²) in [6.45, 7) is 1.59. The van der Waals surface area contributed by atoms with E-state index in [1.165, 1.54) is 16.7 Å². The van der Waals surface area contributed by atoms with Crippen LogP contribution in [-0.4, -0.2) is 54.8 Å². The van der Waals surface area contributed by atoms with Gasteiger partial charge in [0.1, 0.15) is 17.2 Å². The maximum atomic E-state index is 14.9. The van der Waals surface area contributed by atoms with Crippen LogP contribution in [-0.2, 0) is 6.54 Å². The van der Waals surface area contributed by atoms with Crippen molar-refractivity contribution in [2.45, 2.75) is 6.54 Å². The summed E-state index contributed by atoms with van der Waals surface area (Å²) in [5.74, 6) is -1.39. The Bertz CT molecular complexity index is 1490. The van der Waals surface area contributed by atoms with Crippen molar-refractivity contribution in [2.24, 2.45) is 0 Å². The van der Waals surface area contributed by atoms with E-state index in [2.05, 4.69) is 25.0 Å². The SMILES string of the molecule is CN(C)CCn1cc(-c2cnc(N)c(-c3nc4cnccc4n3-c3cccc(F)c3F)c2)cn1. The van der Waals surface area contributed by atoms with Crippen LogP contribution in [0.1, 0.15) is 0 Å². The van der Waals surface area contributed by atoms with Gasteiger partial charge in [0, 0.05) is 36.3 Å². The second-order valence-corrected chi connectivity index (χ2v) is 8.16. The highest BCUT2D eigenvalue weighted by Gasteiger charge is 2.21. The Labute approximate surface area is 194 Å². The number of hydrogen-bond donors (Lipinski definition) is 1. The fourth-order valence-electron chi connectivity index (χ4n) is 3.77. The third-order valence-electron chi connectivity index (χ3n) is 5.53. The number of pyridine rings is 2. The van der Waals surface area contributed by atoms with Gasteiger partial charge < -0.3 is 10.6 Å². The molecule has 0 aliphatic carbocycles. The van der Waals surface area contributed by atoms with Crippen molar-refractivity contribution in [3.05, 3.63) is 73.0 Å². The molecule has 172 valence electrons. The number of nitrogens with zero attached hydrogens (tertiary/aromatic N) is 7. The lowest BCUT2D eigenvalue weighted by molar-refractivity contribution is 0.373. The first-order valence-corrected chi connectivity index (χ1v) is 10.6. The second-order valence-electron chi connectivity index (χ2n) is 8.16. The van der Waals surface area contributed by atoms with E-state index >= 15 is 0 Å². The van der Waals surface area contributed by atoms with E-state index in [1.807, 2.05) is 31.0 Å². The highest BCUT2D eigenvalue weighted by molar-refractivity contribution is 5.86. The smallest absolute Gasteiger partial charge is 0.182 e. The zero-order chi connectivity index (χ0) is 23.8. The first-order valence-electron chi connectivity index (χ1n) is 10.6. The van der Waals surface area contributed by atoms with Crippen molar-refractivity contribution in [1.29, 1.82) is 0 Å². The van der Waals surface area contributed by atoms with E-state index < -0.39 is 11.6 Å². The van der Waals surface area contributed by atoms with Gasteiger partial charge in [-0.2, -0.15) is 5.10 Å². The Morgan fingerprint density at radius 2 is 1.91 bits per heavy atom. The van der Waals surface area contributed by atoms with Gasteiger partial charge in [-0.15, -0.1) is 0 Å². The quantitative estimate of drug-likeness (QED) is 0.415. The van der Waals surface area contributed by atoms with Crippen LogP contribution < -0.4 is 5.73 Å². The lowest BCUT2D eigenvalue weighted by atomic mass is 10.1.